The largest absolute Gasteiger partial charge is 0.355 e. The van der Waals surface area contributed by atoms with Crippen molar-refractivity contribution in [2.45, 2.75) is 32.4 Å². The molecule has 0 aliphatic heterocycles. The first-order valence-corrected chi connectivity index (χ1v) is 13.2. The van der Waals surface area contributed by atoms with Gasteiger partial charge >= 0.3 is 0 Å². The van der Waals surface area contributed by atoms with Crippen molar-refractivity contribution in [1.29, 1.82) is 0 Å². The first-order chi connectivity index (χ1) is 14.2. The number of hydrogen-bond donors (Lipinski definition) is 1. The van der Waals surface area contributed by atoms with Crippen LogP contribution in [0.2, 0.25) is 5.02 Å². The molecule has 1 amide bonds. The maximum atomic E-state index is 12.3. The van der Waals surface area contributed by atoms with E-state index in [0.717, 1.165) is 33.2 Å². The molecule has 164 valence electrons. The van der Waals surface area contributed by atoms with Crippen LogP contribution in [0.15, 0.2) is 42.5 Å². The van der Waals surface area contributed by atoms with Crippen LogP contribution in [0.3, 0.4) is 0 Å². The molecule has 0 aromatic heterocycles. The molecule has 0 bridgehead atoms. The van der Waals surface area contributed by atoms with Crippen LogP contribution in [-0.4, -0.2) is 39.4 Å². The Bertz CT molecular complexity index is 965. The van der Waals surface area contributed by atoms with Crippen molar-refractivity contribution in [3.8, 4) is 0 Å². The lowest BCUT2D eigenvalue weighted by Gasteiger charge is -2.24. The average molecular weight is 469 g/mol. The number of anilines is 1. The van der Waals surface area contributed by atoms with E-state index in [-0.39, 0.29) is 18.9 Å². The number of sulfonamides is 1. The number of hydrogen-bond acceptors (Lipinski definition) is 4. The highest BCUT2D eigenvalue weighted by molar-refractivity contribution is 7.98. The molecule has 0 heterocycles. The van der Waals surface area contributed by atoms with Gasteiger partial charge in [0.1, 0.15) is 0 Å². The lowest BCUT2D eigenvalue weighted by molar-refractivity contribution is -0.121. The Morgan fingerprint density at radius 1 is 1.17 bits per heavy atom. The smallest absolute Gasteiger partial charge is 0.232 e. The molecule has 0 atom stereocenters. The zero-order valence-corrected chi connectivity index (χ0v) is 20.0. The van der Waals surface area contributed by atoms with E-state index in [0.29, 0.717) is 18.7 Å². The monoisotopic (exact) mass is 468 g/mol. The number of carbonyl (C=O) groups excluding carboxylic acids is 1. The van der Waals surface area contributed by atoms with Crippen LogP contribution in [-0.2, 0) is 20.6 Å². The summed E-state index contributed by atoms with van der Waals surface area (Å²) in [6, 6.07) is 13.4. The lowest BCUT2D eigenvalue weighted by Crippen LogP contribution is -2.33. The highest BCUT2D eigenvalue weighted by Crippen LogP contribution is 2.25. The summed E-state index contributed by atoms with van der Waals surface area (Å²) in [5, 5.41) is 3.63. The van der Waals surface area contributed by atoms with E-state index in [1.807, 2.05) is 50.2 Å². The minimum atomic E-state index is -3.42. The van der Waals surface area contributed by atoms with Crippen molar-refractivity contribution in [2.24, 2.45) is 0 Å². The van der Waals surface area contributed by atoms with Crippen LogP contribution < -0.4 is 9.62 Å². The molecule has 0 unspecified atom stereocenters. The van der Waals surface area contributed by atoms with Crippen molar-refractivity contribution in [2.75, 3.05) is 29.4 Å². The Kier molecular flexibility index (Phi) is 9.52. The molecule has 0 saturated heterocycles. The number of carbonyl (C=O) groups is 1. The van der Waals surface area contributed by atoms with E-state index in [1.54, 1.807) is 17.8 Å². The van der Waals surface area contributed by atoms with E-state index in [2.05, 4.69) is 5.32 Å². The van der Waals surface area contributed by atoms with Crippen molar-refractivity contribution in [3.63, 3.8) is 0 Å². The van der Waals surface area contributed by atoms with Crippen molar-refractivity contribution < 1.29 is 13.2 Å². The first-order valence-electron chi connectivity index (χ1n) is 9.81. The summed E-state index contributed by atoms with van der Waals surface area (Å²) in [4.78, 5) is 12.1. The summed E-state index contributed by atoms with van der Waals surface area (Å²) in [7, 11) is -3.42. The zero-order valence-electron chi connectivity index (χ0n) is 17.7. The van der Waals surface area contributed by atoms with Gasteiger partial charge in [-0.2, -0.15) is 11.8 Å². The molecule has 0 aliphatic carbocycles. The molecule has 2 aromatic carbocycles. The fourth-order valence-corrected chi connectivity index (χ4v) is 5.06. The van der Waals surface area contributed by atoms with Crippen LogP contribution in [0.5, 0.6) is 0 Å². The summed E-state index contributed by atoms with van der Waals surface area (Å²) in [6.07, 6.45) is 1.95. The Labute approximate surface area is 189 Å². The Morgan fingerprint density at radius 2 is 1.90 bits per heavy atom. The van der Waals surface area contributed by atoms with Gasteiger partial charge in [0.05, 0.1) is 11.9 Å². The van der Waals surface area contributed by atoms with Gasteiger partial charge in [0, 0.05) is 36.0 Å². The molecule has 0 radical (unpaired) electrons. The standard InChI is InChI=1S/C22H29ClN2O3S2/c1-17-7-4-10-21(18(17)2)25(30(3,27)28)13-6-11-22(26)24-12-14-29-16-19-8-5-9-20(23)15-19/h4-5,7-10,15H,6,11-14,16H2,1-3H3,(H,24,26). The molecule has 0 saturated carbocycles. The van der Waals surface area contributed by atoms with E-state index in [4.69, 9.17) is 11.6 Å². The van der Waals surface area contributed by atoms with Crippen LogP contribution in [0.1, 0.15) is 29.5 Å². The second-order valence-corrected chi connectivity index (χ2v) is 10.6. The average Bonchev–Trinajstić information content (AvgIpc) is 2.67. The number of nitrogens with zero attached hydrogens (tertiary/aromatic N) is 1. The van der Waals surface area contributed by atoms with Crippen molar-refractivity contribution >= 4 is 45.0 Å². The third-order valence-electron chi connectivity index (χ3n) is 4.74. The van der Waals surface area contributed by atoms with Crippen molar-refractivity contribution in [1.82, 2.24) is 5.32 Å². The Morgan fingerprint density at radius 3 is 2.60 bits per heavy atom. The topological polar surface area (TPSA) is 66.5 Å². The summed E-state index contributed by atoms with van der Waals surface area (Å²) >= 11 is 7.70. The molecular weight excluding hydrogens is 440 g/mol. The third-order valence-corrected chi connectivity index (χ3v) is 7.18. The van der Waals surface area contributed by atoms with Gasteiger partial charge in [-0.05, 0) is 55.2 Å². The lowest BCUT2D eigenvalue weighted by atomic mass is 10.1. The normalized spacial score (nSPS) is 11.3. The van der Waals surface area contributed by atoms with Gasteiger partial charge in [-0.15, -0.1) is 0 Å². The molecule has 0 fully saturated rings. The van der Waals surface area contributed by atoms with Gasteiger partial charge < -0.3 is 5.32 Å². The summed E-state index contributed by atoms with van der Waals surface area (Å²) < 4.78 is 25.9. The number of halogens is 1. The van der Waals surface area contributed by atoms with Crippen LogP contribution in [0.25, 0.3) is 0 Å². The number of amides is 1. The molecule has 30 heavy (non-hydrogen) atoms. The fourth-order valence-electron chi connectivity index (χ4n) is 3.02. The summed E-state index contributed by atoms with van der Waals surface area (Å²) in [6.45, 7) is 4.73. The maximum Gasteiger partial charge on any atom is 0.232 e. The highest BCUT2D eigenvalue weighted by atomic mass is 35.5. The van der Waals surface area contributed by atoms with E-state index < -0.39 is 10.0 Å². The minimum absolute atomic E-state index is 0.0622. The SMILES string of the molecule is Cc1cccc(N(CCCC(=O)NCCSCc2cccc(Cl)c2)S(C)(=O)=O)c1C. The molecule has 5 nitrogen and oxygen atoms in total. The van der Waals surface area contributed by atoms with Gasteiger partial charge in [-0.25, -0.2) is 8.42 Å². The number of benzene rings is 2. The third kappa shape index (κ3) is 7.85. The number of rotatable bonds is 11. The highest BCUT2D eigenvalue weighted by Gasteiger charge is 2.19. The molecule has 1 N–H and O–H groups in total. The predicted molar refractivity (Wildman–Crippen MR) is 128 cm³/mol. The second kappa shape index (κ2) is 11.6. The molecule has 2 aromatic rings. The first kappa shape index (κ1) is 24.6. The van der Waals surface area contributed by atoms with Gasteiger partial charge in [-0.1, -0.05) is 35.9 Å². The van der Waals surface area contributed by atoms with E-state index in [9.17, 15) is 13.2 Å². The number of aryl methyl sites for hydroxylation is 1. The summed E-state index contributed by atoms with van der Waals surface area (Å²) in [5.41, 5.74) is 3.81. The molecule has 2 rings (SSSR count). The fraction of sp³-hybridized carbons (Fsp3) is 0.409. The molecule has 0 aliphatic rings. The summed E-state index contributed by atoms with van der Waals surface area (Å²) in [5.74, 6) is 1.58. The Balaban J connectivity index is 1.74. The zero-order chi connectivity index (χ0) is 22.1. The van der Waals surface area contributed by atoms with Crippen LogP contribution in [0.4, 0.5) is 5.69 Å². The minimum Gasteiger partial charge on any atom is -0.355 e. The molecule has 0 spiro atoms. The molecular formula is C22H29ClN2O3S2. The Hall–Kier alpha value is -1.70. The van der Waals surface area contributed by atoms with Crippen LogP contribution in [0, 0.1) is 13.8 Å². The van der Waals surface area contributed by atoms with Crippen molar-refractivity contribution in [3.05, 3.63) is 64.2 Å². The number of thioether (sulfide) groups is 1. The van der Waals surface area contributed by atoms with Crippen LogP contribution >= 0.6 is 23.4 Å². The predicted octanol–water partition coefficient (Wildman–Crippen LogP) is 4.55. The van der Waals surface area contributed by atoms with Gasteiger partial charge in [0.2, 0.25) is 15.9 Å². The molecule has 8 heteroatoms. The quantitative estimate of drug-likeness (QED) is 0.491. The maximum absolute atomic E-state index is 12.3. The number of nitrogens with one attached hydrogen (secondary N) is 1. The van der Waals surface area contributed by atoms with E-state index >= 15 is 0 Å². The second-order valence-electron chi connectivity index (χ2n) is 7.19. The van der Waals surface area contributed by atoms with Gasteiger partial charge in [0.15, 0.2) is 0 Å². The van der Waals surface area contributed by atoms with Gasteiger partial charge in [-0.3, -0.25) is 9.10 Å². The van der Waals surface area contributed by atoms with Gasteiger partial charge in [0.25, 0.3) is 0 Å². The van der Waals surface area contributed by atoms with E-state index in [1.165, 1.54) is 10.6 Å².